The average molecular weight is 514 g/mol. The molecule has 0 spiro atoms. The molecule has 0 aliphatic carbocycles. The van der Waals surface area contributed by atoms with Crippen LogP contribution in [0.15, 0.2) is 60.7 Å². The lowest BCUT2D eigenvalue weighted by Gasteiger charge is -2.27. The summed E-state index contributed by atoms with van der Waals surface area (Å²) in [5, 5.41) is 9.27. The lowest BCUT2D eigenvalue weighted by atomic mass is 10.0. The number of aromatic nitrogens is 1. The maximum atomic E-state index is 13.1. The Morgan fingerprint density at radius 1 is 1.03 bits per heavy atom. The molecule has 3 aromatic rings. The number of amides is 1. The number of pyridine rings is 1. The maximum absolute atomic E-state index is 13.1. The Balaban J connectivity index is 1.74. The first-order chi connectivity index (χ1) is 17.4. The molecule has 1 aliphatic heterocycles. The van der Waals surface area contributed by atoms with Crippen molar-refractivity contribution in [2.45, 2.75) is 45.5 Å². The highest BCUT2D eigenvalue weighted by atomic mass is 19.4. The normalized spacial score (nSPS) is 14.2. The minimum atomic E-state index is -4.42. The van der Waals surface area contributed by atoms with Crippen molar-refractivity contribution in [1.29, 1.82) is 0 Å². The van der Waals surface area contributed by atoms with Crippen LogP contribution >= 0.6 is 0 Å². The minimum Gasteiger partial charge on any atom is -0.444 e. The molecule has 1 aromatic heterocycles. The van der Waals surface area contributed by atoms with Crippen LogP contribution in [0.5, 0.6) is 0 Å². The van der Waals surface area contributed by atoms with Crippen LogP contribution < -0.4 is 4.90 Å². The van der Waals surface area contributed by atoms with Crippen LogP contribution in [-0.4, -0.2) is 46.4 Å². The van der Waals surface area contributed by atoms with Gasteiger partial charge in [0, 0.05) is 48.7 Å². The molecule has 0 saturated carbocycles. The molecule has 6 nitrogen and oxygen atoms in total. The van der Waals surface area contributed by atoms with Crippen LogP contribution in [0.2, 0.25) is 0 Å². The monoisotopic (exact) mass is 513 g/mol. The molecule has 0 fully saturated rings. The fourth-order valence-electron chi connectivity index (χ4n) is 4.24. The molecule has 1 amide bonds. The molecule has 2 heterocycles. The van der Waals surface area contributed by atoms with Gasteiger partial charge in [-0.25, -0.2) is 4.79 Å². The molecular formula is C28H30F3N3O3. The molecule has 0 unspecified atom stereocenters. The molecule has 1 N–H and O–H groups in total. The Hall–Kier alpha value is -3.59. The van der Waals surface area contributed by atoms with Gasteiger partial charge in [0.05, 0.1) is 17.8 Å². The van der Waals surface area contributed by atoms with E-state index in [-0.39, 0.29) is 13.2 Å². The van der Waals surface area contributed by atoms with E-state index in [1.165, 1.54) is 12.1 Å². The molecule has 9 heteroatoms. The number of ether oxygens (including phenoxy) is 1. The first kappa shape index (κ1) is 26.5. The number of nitrogens with zero attached hydrogens (tertiary/aromatic N) is 3. The SMILES string of the molecule is CC(C)(C)OC(=O)N1CCN(c2ccc(C(F)(F)F)cc2)c2ccc(-c3cccc(CCO)n3)cc2C1. The molecule has 37 heavy (non-hydrogen) atoms. The number of carbonyl (C=O) groups is 1. The van der Waals surface area contributed by atoms with Crippen molar-refractivity contribution >= 4 is 17.5 Å². The second-order valence-corrected chi connectivity index (χ2v) is 9.93. The Bertz CT molecular complexity index is 1250. The Labute approximate surface area is 214 Å². The third kappa shape index (κ3) is 6.40. The first-order valence-electron chi connectivity index (χ1n) is 12.1. The van der Waals surface area contributed by atoms with Crippen molar-refractivity contribution in [3.63, 3.8) is 0 Å². The highest BCUT2D eigenvalue weighted by Crippen LogP contribution is 2.36. The summed E-state index contributed by atoms with van der Waals surface area (Å²) < 4.78 is 45.0. The predicted molar refractivity (Wildman–Crippen MR) is 136 cm³/mol. The highest BCUT2D eigenvalue weighted by molar-refractivity contribution is 5.75. The maximum Gasteiger partial charge on any atom is 0.416 e. The zero-order chi connectivity index (χ0) is 26.8. The summed E-state index contributed by atoms with van der Waals surface area (Å²) in [7, 11) is 0. The molecule has 1 aliphatic rings. The topological polar surface area (TPSA) is 65.9 Å². The zero-order valence-electron chi connectivity index (χ0n) is 21.0. The Kier molecular flexibility index (Phi) is 7.45. The van der Waals surface area contributed by atoms with Crippen molar-refractivity contribution in [2.75, 3.05) is 24.6 Å². The number of anilines is 2. The van der Waals surface area contributed by atoms with Gasteiger partial charge in [0.2, 0.25) is 0 Å². The lowest BCUT2D eigenvalue weighted by molar-refractivity contribution is -0.137. The van der Waals surface area contributed by atoms with Crippen molar-refractivity contribution in [1.82, 2.24) is 9.88 Å². The van der Waals surface area contributed by atoms with Crippen LogP contribution in [0, 0.1) is 0 Å². The lowest BCUT2D eigenvalue weighted by Crippen LogP contribution is -2.38. The van der Waals surface area contributed by atoms with Gasteiger partial charge >= 0.3 is 12.3 Å². The first-order valence-corrected chi connectivity index (χ1v) is 12.1. The van der Waals surface area contributed by atoms with Crippen molar-refractivity contribution in [3.05, 3.63) is 77.5 Å². The smallest absolute Gasteiger partial charge is 0.416 e. The van der Waals surface area contributed by atoms with Crippen LogP contribution in [0.4, 0.5) is 29.3 Å². The van der Waals surface area contributed by atoms with Crippen LogP contribution in [0.25, 0.3) is 11.3 Å². The number of aliphatic hydroxyl groups is 1. The second-order valence-electron chi connectivity index (χ2n) is 9.93. The summed E-state index contributed by atoms with van der Waals surface area (Å²) >= 11 is 0. The van der Waals surface area contributed by atoms with Crippen molar-refractivity contribution < 1.29 is 27.8 Å². The molecule has 0 atom stereocenters. The van der Waals surface area contributed by atoms with Gasteiger partial charge in [-0.3, -0.25) is 4.98 Å². The summed E-state index contributed by atoms with van der Waals surface area (Å²) in [5.74, 6) is 0. The summed E-state index contributed by atoms with van der Waals surface area (Å²) in [6.45, 7) is 6.36. The van der Waals surface area contributed by atoms with Gasteiger partial charge in [0.25, 0.3) is 0 Å². The van der Waals surface area contributed by atoms with Gasteiger partial charge in [0.1, 0.15) is 5.60 Å². The van der Waals surface area contributed by atoms with E-state index in [0.29, 0.717) is 25.2 Å². The fraction of sp³-hybridized carbons (Fsp3) is 0.357. The van der Waals surface area contributed by atoms with Crippen molar-refractivity contribution in [2.24, 2.45) is 0 Å². The van der Waals surface area contributed by atoms with Crippen molar-refractivity contribution in [3.8, 4) is 11.3 Å². The summed E-state index contributed by atoms with van der Waals surface area (Å²) in [5.41, 5.74) is 3.13. The molecule has 0 radical (unpaired) electrons. The van der Waals surface area contributed by atoms with E-state index >= 15 is 0 Å². The Morgan fingerprint density at radius 2 is 1.76 bits per heavy atom. The standard InChI is InChI=1S/C28H30F3N3O3/c1-27(2,3)37-26(36)33-14-15-34(23-10-8-21(9-11-23)28(29,30)31)25-12-7-19(17-20(25)18-33)24-6-4-5-22(32-24)13-16-35/h4-12,17,35H,13-16,18H2,1-3H3. The summed E-state index contributed by atoms with van der Waals surface area (Å²) in [6, 6.07) is 16.4. The van der Waals surface area contributed by atoms with Gasteiger partial charge in [0.15, 0.2) is 0 Å². The van der Waals surface area contributed by atoms with E-state index in [1.54, 1.807) is 25.7 Å². The molecule has 2 aromatic carbocycles. The number of carbonyl (C=O) groups excluding carboxylic acids is 1. The molecular weight excluding hydrogens is 483 g/mol. The number of aliphatic hydroxyl groups excluding tert-OH is 1. The van der Waals surface area contributed by atoms with E-state index in [1.807, 2.05) is 41.3 Å². The Morgan fingerprint density at radius 3 is 2.41 bits per heavy atom. The van der Waals surface area contributed by atoms with Crippen LogP contribution in [0.3, 0.4) is 0 Å². The van der Waals surface area contributed by atoms with Gasteiger partial charge in [-0.2, -0.15) is 13.2 Å². The minimum absolute atomic E-state index is 0.00637. The van der Waals surface area contributed by atoms with Gasteiger partial charge in [-0.15, -0.1) is 0 Å². The molecule has 0 bridgehead atoms. The third-order valence-electron chi connectivity index (χ3n) is 5.95. The number of halogens is 3. The highest BCUT2D eigenvalue weighted by Gasteiger charge is 2.31. The van der Waals surface area contributed by atoms with E-state index in [0.717, 1.165) is 40.3 Å². The number of hydrogen-bond donors (Lipinski definition) is 1. The van der Waals surface area contributed by atoms with E-state index in [4.69, 9.17) is 4.74 Å². The van der Waals surface area contributed by atoms with Gasteiger partial charge in [-0.05, 0) is 74.9 Å². The number of hydrogen-bond acceptors (Lipinski definition) is 5. The third-order valence-corrected chi connectivity index (χ3v) is 5.95. The molecule has 196 valence electrons. The largest absolute Gasteiger partial charge is 0.444 e. The summed E-state index contributed by atoms with van der Waals surface area (Å²) in [6.07, 6.45) is -4.44. The number of rotatable bonds is 4. The number of benzene rings is 2. The summed E-state index contributed by atoms with van der Waals surface area (Å²) in [4.78, 5) is 21.1. The number of fused-ring (bicyclic) bond motifs is 1. The number of alkyl halides is 3. The van der Waals surface area contributed by atoms with Crippen LogP contribution in [0.1, 0.15) is 37.6 Å². The predicted octanol–water partition coefficient (Wildman–Crippen LogP) is 6.19. The molecule has 0 saturated heterocycles. The quantitative estimate of drug-likeness (QED) is 0.451. The van der Waals surface area contributed by atoms with E-state index in [9.17, 15) is 23.1 Å². The van der Waals surface area contributed by atoms with Gasteiger partial charge in [-0.1, -0.05) is 12.1 Å². The average Bonchev–Trinajstić information content (AvgIpc) is 3.02. The van der Waals surface area contributed by atoms with E-state index in [2.05, 4.69) is 4.98 Å². The second kappa shape index (κ2) is 10.4. The fourth-order valence-corrected chi connectivity index (χ4v) is 4.24. The van der Waals surface area contributed by atoms with Crippen LogP contribution in [-0.2, 0) is 23.9 Å². The molecule has 4 rings (SSSR count). The van der Waals surface area contributed by atoms with Gasteiger partial charge < -0.3 is 19.6 Å². The van der Waals surface area contributed by atoms with E-state index < -0.39 is 23.4 Å². The zero-order valence-corrected chi connectivity index (χ0v) is 21.0.